The molecule has 0 amide bonds. The van der Waals surface area contributed by atoms with E-state index in [9.17, 15) is 9.59 Å². The van der Waals surface area contributed by atoms with Gasteiger partial charge in [0.1, 0.15) is 23.5 Å². The van der Waals surface area contributed by atoms with Gasteiger partial charge in [-0.05, 0) is 42.0 Å². The molecule has 0 aliphatic carbocycles. The van der Waals surface area contributed by atoms with Crippen LogP contribution in [0.5, 0.6) is 11.5 Å². The molecular formula is C34H33N4O6+. The highest BCUT2D eigenvalue weighted by molar-refractivity contribution is 5.92. The molecule has 1 N–H and O–H groups in total. The number of carbonyl (C=O) groups is 2. The summed E-state index contributed by atoms with van der Waals surface area (Å²) in [4.78, 5) is 31.6. The van der Waals surface area contributed by atoms with Gasteiger partial charge in [-0.25, -0.2) is 4.79 Å². The third kappa shape index (κ3) is 4.16. The molecule has 1 saturated heterocycles. The van der Waals surface area contributed by atoms with Gasteiger partial charge < -0.3 is 23.8 Å². The lowest BCUT2D eigenvalue weighted by Gasteiger charge is -2.40. The van der Waals surface area contributed by atoms with Crippen LogP contribution in [0, 0.1) is 5.92 Å². The van der Waals surface area contributed by atoms with Crippen LogP contribution in [0.2, 0.25) is 0 Å². The van der Waals surface area contributed by atoms with Gasteiger partial charge in [-0.2, -0.15) is 5.43 Å². The number of benzene rings is 4. The number of carbonyl (C=O) groups excluding carboxylic acids is 2. The zero-order valence-electron chi connectivity index (χ0n) is 24.8. The van der Waals surface area contributed by atoms with E-state index < -0.39 is 35.1 Å². The van der Waals surface area contributed by atoms with Crippen molar-refractivity contribution in [2.24, 2.45) is 11.0 Å². The summed E-state index contributed by atoms with van der Waals surface area (Å²) in [5, 5.41) is 5.42. The molecule has 2 heterocycles. The Bertz CT molecular complexity index is 1680. The average Bonchev–Trinajstić information content (AvgIpc) is 3.57. The number of para-hydroxylation sites is 1. The first kappa shape index (κ1) is 28.7. The van der Waals surface area contributed by atoms with E-state index >= 15 is 0 Å². The number of anilines is 1. The first-order valence-corrected chi connectivity index (χ1v) is 14.1. The molecule has 0 aromatic heterocycles. The number of nitrogens with one attached hydrogen (secondary N) is 1. The molecule has 0 radical (unpaired) electrons. The van der Waals surface area contributed by atoms with E-state index in [0.29, 0.717) is 28.4 Å². The largest absolute Gasteiger partial charge is 0.497 e. The van der Waals surface area contributed by atoms with E-state index in [-0.39, 0.29) is 0 Å². The van der Waals surface area contributed by atoms with E-state index in [2.05, 4.69) is 5.43 Å². The Kier molecular flexibility index (Phi) is 7.42. The Balaban J connectivity index is 1.78. The Morgan fingerprint density at radius 2 is 1.25 bits per heavy atom. The molecule has 10 nitrogen and oxygen atoms in total. The molecule has 0 unspecified atom stereocenters. The third-order valence-electron chi connectivity index (χ3n) is 8.46. The van der Waals surface area contributed by atoms with E-state index in [1.54, 1.807) is 19.0 Å². The maximum absolute atomic E-state index is 14.2. The van der Waals surface area contributed by atoms with E-state index in [1.807, 2.05) is 114 Å². The van der Waals surface area contributed by atoms with Crippen molar-refractivity contribution in [2.75, 3.05) is 33.3 Å². The molecule has 224 valence electrons. The van der Waals surface area contributed by atoms with E-state index in [1.165, 1.54) is 14.2 Å². The molecule has 2 aliphatic rings. The Morgan fingerprint density at radius 1 is 0.705 bits per heavy atom. The van der Waals surface area contributed by atoms with Gasteiger partial charge in [-0.1, -0.05) is 60.7 Å². The molecule has 4 aromatic carbocycles. The predicted molar refractivity (Wildman–Crippen MR) is 162 cm³/mol. The number of hydrogen-bond acceptors (Lipinski definition) is 9. The summed E-state index contributed by atoms with van der Waals surface area (Å²) in [6, 6.07) is 32.7. The minimum absolute atomic E-state index is 0.597. The number of fused-ring (bicyclic) bond motifs is 1. The van der Waals surface area contributed by atoms with Crippen LogP contribution < -0.4 is 19.8 Å². The minimum Gasteiger partial charge on any atom is -0.497 e. The summed E-state index contributed by atoms with van der Waals surface area (Å²) in [6.45, 7) is 0. The highest BCUT2D eigenvalue weighted by Gasteiger charge is 2.81. The first-order valence-electron chi connectivity index (χ1n) is 14.1. The topological polar surface area (TPSA) is 102 Å². The normalized spacial score (nSPS) is 23.6. The zero-order valence-corrected chi connectivity index (χ0v) is 24.8. The summed E-state index contributed by atoms with van der Waals surface area (Å²) in [5.74, 6) is -1.00. The number of esters is 2. The van der Waals surface area contributed by atoms with Crippen LogP contribution in [-0.2, 0) is 30.3 Å². The fourth-order valence-corrected chi connectivity index (χ4v) is 6.58. The van der Waals surface area contributed by atoms with Crippen LogP contribution in [0.4, 0.5) is 11.4 Å². The van der Waals surface area contributed by atoms with Crippen molar-refractivity contribution in [1.29, 1.82) is 0 Å². The number of azo groups is 1. The maximum atomic E-state index is 14.2. The second-order valence-corrected chi connectivity index (χ2v) is 10.5. The lowest BCUT2D eigenvalue weighted by Crippen LogP contribution is -2.59. The molecule has 6 rings (SSSR count). The Hall–Kier alpha value is -5.38. The monoisotopic (exact) mass is 593 g/mol. The molecular weight excluding hydrogens is 560 g/mol. The molecule has 0 spiro atoms. The van der Waals surface area contributed by atoms with Crippen molar-refractivity contribution in [3.05, 3.63) is 120 Å². The molecule has 0 saturated carbocycles. The summed E-state index contributed by atoms with van der Waals surface area (Å²) in [7, 11) is 5.84. The van der Waals surface area contributed by atoms with Gasteiger partial charge in [-0.3, -0.25) is 4.79 Å². The third-order valence-corrected chi connectivity index (χ3v) is 8.46. The number of methoxy groups -OCH3 is 4. The number of rotatable bonds is 8. The molecule has 2 aliphatic heterocycles. The van der Waals surface area contributed by atoms with Crippen LogP contribution in [0.15, 0.2) is 114 Å². The fourth-order valence-electron chi connectivity index (χ4n) is 6.58. The van der Waals surface area contributed by atoms with Crippen molar-refractivity contribution < 1.29 is 33.3 Å². The molecule has 1 fully saturated rings. The van der Waals surface area contributed by atoms with Crippen LogP contribution in [0.3, 0.4) is 0 Å². The standard InChI is InChI=1S/C34H33N4O6/c1-41-27-19-15-24(16-20-27)34-33(23-11-7-5-8-12-23,35-38(36-34)26-17-21-28(42-2)22-18-26)29(31(39)43-3)30(32(40)44-4)37(34)25-13-9-6-10-14-25/h5-22,29-30H,1-4H3,(H,35,36)/q+1/t29-,30+,33-,34+/m0/s1. The highest BCUT2D eigenvalue weighted by Crippen LogP contribution is 2.62. The van der Waals surface area contributed by atoms with Crippen molar-refractivity contribution in [1.82, 2.24) is 5.43 Å². The lowest BCUT2D eigenvalue weighted by atomic mass is 9.69. The van der Waals surface area contributed by atoms with Crippen molar-refractivity contribution >= 4 is 23.3 Å². The second-order valence-electron chi connectivity index (χ2n) is 10.5. The SMILES string of the molecule is COC(=O)[C@@H]1[C@H](C(=O)OC)N(c2ccccc2)[C@@]2(c3ccc(OC)cc3)N=[N+](c3ccc(OC)cc3)N[C@@]12c1ccccc1. The van der Waals surface area contributed by atoms with Crippen LogP contribution in [-0.4, -0.2) is 51.2 Å². The number of hydrazine groups is 1. The van der Waals surface area contributed by atoms with Gasteiger partial charge in [0, 0.05) is 33.3 Å². The summed E-state index contributed by atoms with van der Waals surface area (Å²) in [6.07, 6.45) is 0. The maximum Gasteiger partial charge on any atom is 0.329 e. The molecule has 0 bridgehead atoms. The van der Waals surface area contributed by atoms with E-state index in [0.717, 1.165) is 5.56 Å². The summed E-state index contributed by atoms with van der Waals surface area (Å²) >= 11 is 0. The van der Waals surface area contributed by atoms with Crippen molar-refractivity contribution in [3.63, 3.8) is 0 Å². The average molecular weight is 594 g/mol. The van der Waals surface area contributed by atoms with Gasteiger partial charge >= 0.3 is 11.9 Å². The Morgan fingerprint density at radius 3 is 1.80 bits per heavy atom. The molecule has 4 aromatic rings. The van der Waals surface area contributed by atoms with Gasteiger partial charge in [0.05, 0.1) is 28.4 Å². The second kappa shape index (κ2) is 11.4. The van der Waals surface area contributed by atoms with Gasteiger partial charge in [0.15, 0.2) is 5.54 Å². The highest BCUT2D eigenvalue weighted by atomic mass is 16.5. The quantitative estimate of drug-likeness (QED) is 0.227. The zero-order chi connectivity index (χ0) is 30.9. The number of hydrogen-bond donors (Lipinski definition) is 1. The Labute approximate surface area is 255 Å². The van der Waals surface area contributed by atoms with Gasteiger partial charge in [0.2, 0.25) is 0 Å². The van der Waals surface area contributed by atoms with Crippen molar-refractivity contribution in [3.8, 4) is 11.5 Å². The molecule has 44 heavy (non-hydrogen) atoms. The van der Waals surface area contributed by atoms with Crippen LogP contribution in [0.1, 0.15) is 11.1 Å². The smallest absolute Gasteiger partial charge is 0.329 e. The van der Waals surface area contributed by atoms with Crippen LogP contribution >= 0.6 is 0 Å². The predicted octanol–water partition coefficient (Wildman–Crippen LogP) is 4.92. The van der Waals surface area contributed by atoms with Gasteiger partial charge in [-0.15, -0.1) is 0 Å². The summed E-state index contributed by atoms with van der Waals surface area (Å²) < 4.78 is 21.8. The van der Waals surface area contributed by atoms with Crippen LogP contribution in [0.25, 0.3) is 0 Å². The first-order chi connectivity index (χ1) is 21.4. The molecule has 4 atom stereocenters. The number of ether oxygens (including phenoxy) is 4. The molecule has 10 heteroatoms. The summed E-state index contributed by atoms with van der Waals surface area (Å²) in [5.41, 5.74) is 3.58. The number of nitrogens with zero attached hydrogens (tertiary/aromatic N) is 3. The van der Waals surface area contributed by atoms with E-state index in [4.69, 9.17) is 24.1 Å². The van der Waals surface area contributed by atoms with Crippen molar-refractivity contribution in [2.45, 2.75) is 17.2 Å². The lowest BCUT2D eigenvalue weighted by molar-refractivity contribution is -0.570. The minimum atomic E-state index is -1.43. The fraction of sp³-hybridized carbons (Fsp3) is 0.235. The van der Waals surface area contributed by atoms with Gasteiger partial charge in [0.25, 0.3) is 11.4 Å².